The van der Waals surface area contributed by atoms with E-state index in [0.717, 1.165) is 19.3 Å². The normalized spacial score (nSPS) is 22.2. The van der Waals surface area contributed by atoms with Gasteiger partial charge in [0.1, 0.15) is 4.21 Å². The fourth-order valence-corrected chi connectivity index (χ4v) is 6.42. The SMILES string of the molecule is CNCC1CCCCN1S(=O)(=O)c1sccc1Br. The van der Waals surface area contributed by atoms with Crippen LogP contribution in [-0.2, 0) is 10.0 Å². The van der Waals surface area contributed by atoms with Gasteiger partial charge in [0.15, 0.2) is 0 Å². The Hall–Kier alpha value is 0.0500. The van der Waals surface area contributed by atoms with Crippen molar-refractivity contribution in [1.29, 1.82) is 0 Å². The molecule has 0 radical (unpaired) electrons. The van der Waals surface area contributed by atoms with Crippen LogP contribution < -0.4 is 5.32 Å². The molecule has 2 heterocycles. The standard InChI is InChI=1S/C11H17BrN2O2S2/c1-13-8-9-4-2-3-6-14(9)18(15,16)11-10(12)5-7-17-11/h5,7,9,13H,2-4,6,8H2,1H3. The molecule has 0 amide bonds. The van der Waals surface area contributed by atoms with Gasteiger partial charge in [0, 0.05) is 23.6 Å². The van der Waals surface area contributed by atoms with E-state index < -0.39 is 10.0 Å². The zero-order chi connectivity index (χ0) is 13.2. The molecule has 0 bridgehead atoms. The first-order chi connectivity index (χ1) is 8.57. The van der Waals surface area contributed by atoms with Crippen LogP contribution in [0.5, 0.6) is 0 Å². The molecule has 1 aliphatic heterocycles. The van der Waals surface area contributed by atoms with Crippen molar-refractivity contribution in [3.05, 3.63) is 15.9 Å². The van der Waals surface area contributed by atoms with Crippen LogP contribution in [0.3, 0.4) is 0 Å². The minimum atomic E-state index is -3.36. The van der Waals surface area contributed by atoms with E-state index in [9.17, 15) is 8.42 Å². The second-order valence-electron chi connectivity index (χ2n) is 4.38. The number of hydrogen-bond acceptors (Lipinski definition) is 4. The summed E-state index contributed by atoms with van der Waals surface area (Å²) >= 11 is 4.59. The largest absolute Gasteiger partial charge is 0.318 e. The molecule has 0 spiro atoms. The molecular weight excluding hydrogens is 336 g/mol. The zero-order valence-corrected chi connectivity index (χ0v) is 13.4. The summed E-state index contributed by atoms with van der Waals surface area (Å²) in [6.07, 6.45) is 2.98. The van der Waals surface area contributed by atoms with Gasteiger partial charge in [-0.3, -0.25) is 0 Å². The van der Waals surface area contributed by atoms with Crippen LogP contribution >= 0.6 is 27.3 Å². The molecule has 7 heteroatoms. The van der Waals surface area contributed by atoms with Crippen molar-refractivity contribution in [2.24, 2.45) is 0 Å². The lowest BCUT2D eigenvalue weighted by molar-refractivity contribution is 0.249. The smallest absolute Gasteiger partial charge is 0.253 e. The van der Waals surface area contributed by atoms with Crippen molar-refractivity contribution in [3.63, 3.8) is 0 Å². The van der Waals surface area contributed by atoms with Crippen LogP contribution in [-0.4, -0.2) is 38.9 Å². The molecule has 1 atom stereocenters. The lowest BCUT2D eigenvalue weighted by Gasteiger charge is -2.34. The Kier molecular flexibility index (Phi) is 4.82. The third-order valence-corrected chi connectivity index (χ3v) is 7.74. The number of likely N-dealkylation sites (N-methyl/N-ethyl adjacent to an activating group) is 1. The van der Waals surface area contributed by atoms with E-state index in [0.29, 0.717) is 21.8 Å². The van der Waals surface area contributed by atoms with Crippen LogP contribution in [0.25, 0.3) is 0 Å². The first-order valence-corrected chi connectivity index (χ1v) is 9.08. The number of thiophene rings is 1. The molecule has 2 rings (SSSR count). The summed E-state index contributed by atoms with van der Waals surface area (Å²) in [4.78, 5) is 0. The Balaban J connectivity index is 2.30. The van der Waals surface area contributed by atoms with E-state index in [1.54, 1.807) is 15.8 Å². The van der Waals surface area contributed by atoms with Gasteiger partial charge >= 0.3 is 0 Å². The lowest BCUT2D eigenvalue weighted by Crippen LogP contribution is -2.47. The summed E-state index contributed by atoms with van der Waals surface area (Å²) in [6, 6.07) is 1.86. The molecular formula is C11H17BrN2O2S2. The highest BCUT2D eigenvalue weighted by Gasteiger charge is 2.34. The number of nitrogens with one attached hydrogen (secondary N) is 1. The van der Waals surface area contributed by atoms with Crippen LogP contribution in [0.1, 0.15) is 19.3 Å². The maximum atomic E-state index is 12.6. The van der Waals surface area contributed by atoms with Crippen LogP contribution in [0.15, 0.2) is 20.1 Å². The third-order valence-electron chi connectivity index (χ3n) is 3.14. The predicted octanol–water partition coefficient (Wildman–Crippen LogP) is 2.27. The summed E-state index contributed by atoms with van der Waals surface area (Å²) in [5.41, 5.74) is 0. The van der Waals surface area contributed by atoms with Crippen molar-refractivity contribution in [2.45, 2.75) is 29.5 Å². The van der Waals surface area contributed by atoms with Crippen LogP contribution in [0.4, 0.5) is 0 Å². The molecule has 1 aromatic rings. The summed E-state index contributed by atoms with van der Waals surface area (Å²) in [7, 11) is -1.49. The molecule has 1 aliphatic rings. The van der Waals surface area contributed by atoms with E-state index in [4.69, 9.17) is 0 Å². The van der Waals surface area contributed by atoms with Gasteiger partial charge in [0.2, 0.25) is 0 Å². The topological polar surface area (TPSA) is 49.4 Å². The molecule has 0 aliphatic carbocycles. The highest BCUT2D eigenvalue weighted by atomic mass is 79.9. The summed E-state index contributed by atoms with van der Waals surface area (Å²) in [5.74, 6) is 0. The van der Waals surface area contributed by atoms with Gasteiger partial charge in [-0.25, -0.2) is 8.42 Å². The molecule has 18 heavy (non-hydrogen) atoms. The molecule has 1 aromatic heterocycles. The number of sulfonamides is 1. The molecule has 1 N–H and O–H groups in total. The first-order valence-electron chi connectivity index (χ1n) is 5.97. The number of nitrogens with zero attached hydrogens (tertiary/aromatic N) is 1. The number of halogens is 1. The Morgan fingerprint density at radius 3 is 2.94 bits per heavy atom. The highest BCUT2D eigenvalue weighted by Crippen LogP contribution is 2.33. The van der Waals surface area contributed by atoms with Crippen LogP contribution in [0.2, 0.25) is 0 Å². The zero-order valence-electron chi connectivity index (χ0n) is 10.2. The maximum Gasteiger partial charge on any atom is 0.253 e. The van der Waals surface area contributed by atoms with Crippen molar-refractivity contribution < 1.29 is 8.42 Å². The molecule has 1 saturated heterocycles. The third kappa shape index (κ3) is 2.80. The highest BCUT2D eigenvalue weighted by molar-refractivity contribution is 9.10. The van der Waals surface area contributed by atoms with Gasteiger partial charge in [-0.15, -0.1) is 11.3 Å². The first kappa shape index (κ1) is 14.5. The minimum Gasteiger partial charge on any atom is -0.318 e. The molecule has 0 aromatic carbocycles. The lowest BCUT2D eigenvalue weighted by atomic mass is 10.1. The predicted molar refractivity (Wildman–Crippen MR) is 77.5 cm³/mol. The average molecular weight is 353 g/mol. The fraction of sp³-hybridized carbons (Fsp3) is 0.636. The quantitative estimate of drug-likeness (QED) is 0.904. The summed E-state index contributed by atoms with van der Waals surface area (Å²) in [5, 5.41) is 4.88. The molecule has 4 nitrogen and oxygen atoms in total. The van der Waals surface area contributed by atoms with Crippen molar-refractivity contribution >= 4 is 37.3 Å². The van der Waals surface area contributed by atoms with Gasteiger partial charge in [-0.2, -0.15) is 4.31 Å². The molecule has 1 fully saturated rings. The monoisotopic (exact) mass is 352 g/mol. The second kappa shape index (κ2) is 6.00. The number of piperidine rings is 1. The van der Waals surface area contributed by atoms with Gasteiger partial charge in [0.05, 0.1) is 0 Å². The van der Waals surface area contributed by atoms with E-state index in [1.165, 1.54) is 11.3 Å². The second-order valence-corrected chi connectivity index (χ2v) is 8.24. The maximum absolute atomic E-state index is 12.6. The number of rotatable bonds is 4. The van der Waals surface area contributed by atoms with E-state index in [-0.39, 0.29) is 6.04 Å². The number of hydrogen-bond donors (Lipinski definition) is 1. The van der Waals surface area contributed by atoms with Crippen molar-refractivity contribution in [3.8, 4) is 0 Å². The van der Waals surface area contributed by atoms with Gasteiger partial charge < -0.3 is 5.32 Å². The molecule has 1 unspecified atom stereocenters. The van der Waals surface area contributed by atoms with E-state index in [2.05, 4.69) is 21.2 Å². The Morgan fingerprint density at radius 1 is 1.56 bits per heavy atom. The van der Waals surface area contributed by atoms with Gasteiger partial charge in [-0.05, 0) is 47.3 Å². The Morgan fingerprint density at radius 2 is 2.33 bits per heavy atom. The van der Waals surface area contributed by atoms with Crippen molar-refractivity contribution in [1.82, 2.24) is 9.62 Å². The van der Waals surface area contributed by atoms with Crippen molar-refractivity contribution in [2.75, 3.05) is 20.1 Å². The van der Waals surface area contributed by atoms with E-state index >= 15 is 0 Å². The summed E-state index contributed by atoms with van der Waals surface area (Å²) < 4.78 is 28.0. The van der Waals surface area contributed by atoms with Crippen LogP contribution in [0, 0.1) is 0 Å². The van der Waals surface area contributed by atoms with E-state index in [1.807, 2.05) is 7.05 Å². The fourth-order valence-electron chi connectivity index (χ4n) is 2.30. The van der Waals surface area contributed by atoms with Gasteiger partial charge in [0.25, 0.3) is 10.0 Å². The molecule has 0 saturated carbocycles. The summed E-state index contributed by atoms with van der Waals surface area (Å²) in [6.45, 7) is 1.33. The Bertz CT molecular complexity index is 499. The molecule has 102 valence electrons. The minimum absolute atomic E-state index is 0.0720. The average Bonchev–Trinajstić information content (AvgIpc) is 2.77. The van der Waals surface area contributed by atoms with Gasteiger partial charge in [-0.1, -0.05) is 6.42 Å². The Labute approximate surface area is 121 Å².